The number of methoxy groups -OCH3 is 1. The van der Waals surface area contributed by atoms with Gasteiger partial charge in [-0.2, -0.15) is 0 Å². The number of halogens is 1. The number of hydrogen-bond donors (Lipinski definition) is 2. The van der Waals surface area contributed by atoms with Gasteiger partial charge in [0.1, 0.15) is 11.6 Å². The van der Waals surface area contributed by atoms with E-state index in [4.69, 9.17) is 15.9 Å². The second-order valence-electron chi connectivity index (χ2n) is 2.23. The van der Waals surface area contributed by atoms with Crippen LogP contribution in [-0.2, 0) is 0 Å². The fourth-order valence-electron chi connectivity index (χ4n) is 0.928. The number of amidine groups is 1. The molecule has 4 heteroatoms. The van der Waals surface area contributed by atoms with Crippen molar-refractivity contribution in [2.45, 2.75) is 0 Å². The quantitative estimate of drug-likeness (QED) is 0.599. The summed E-state index contributed by atoms with van der Waals surface area (Å²) >= 11 is 3.30. The maximum Gasteiger partial charge on any atom is 0.143 e. The van der Waals surface area contributed by atoms with Crippen molar-refractivity contribution in [3.05, 3.63) is 28.2 Å². The molecule has 0 spiro atoms. The Kier molecular flexibility index (Phi) is 2.70. The minimum atomic E-state index is 0.00755. The van der Waals surface area contributed by atoms with Gasteiger partial charge in [0.05, 0.1) is 17.1 Å². The zero-order valence-corrected chi connectivity index (χ0v) is 8.18. The summed E-state index contributed by atoms with van der Waals surface area (Å²) < 4.78 is 5.87. The van der Waals surface area contributed by atoms with Crippen LogP contribution in [0.5, 0.6) is 5.75 Å². The van der Waals surface area contributed by atoms with Gasteiger partial charge in [-0.25, -0.2) is 0 Å². The van der Waals surface area contributed by atoms with Crippen molar-refractivity contribution in [3.8, 4) is 5.75 Å². The number of nitrogens with two attached hydrogens (primary N) is 1. The van der Waals surface area contributed by atoms with Gasteiger partial charge in [0.25, 0.3) is 0 Å². The van der Waals surface area contributed by atoms with Crippen molar-refractivity contribution in [1.82, 2.24) is 0 Å². The highest BCUT2D eigenvalue weighted by Crippen LogP contribution is 2.27. The molecule has 0 unspecified atom stereocenters. The molecule has 0 aliphatic carbocycles. The third-order valence-electron chi connectivity index (χ3n) is 1.46. The normalized spacial score (nSPS) is 9.50. The van der Waals surface area contributed by atoms with Crippen LogP contribution in [0, 0.1) is 5.41 Å². The molecular formula is C8H9BrN2O. The zero-order valence-electron chi connectivity index (χ0n) is 6.60. The number of rotatable bonds is 2. The fourth-order valence-corrected chi connectivity index (χ4v) is 1.46. The van der Waals surface area contributed by atoms with Crippen molar-refractivity contribution in [1.29, 1.82) is 5.41 Å². The molecule has 0 amide bonds. The predicted octanol–water partition coefficient (Wildman–Crippen LogP) is 1.74. The number of para-hydroxylation sites is 1. The number of benzene rings is 1. The maximum atomic E-state index is 7.25. The molecule has 0 aliphatic heterocycles. The van der Waals surface area contributed by atoms with Crippen molar-refractivity contribution < 1.29 is 4.74 Å². The lowest BCUT2D eigenvalue weighted by molar-refractivity contribution is 0.411. The molecule has 0 atom stereocenters. The lowest BCUT2D eigenvalue weighted by Gasteiger charge is -2.07. The lowest BCUT2D eigenvalue weighted by atomic mass is 10.2. The molecule has 1 aromatic rings. The van der Waals surface area contributed by atoms with Crippen LogP contribution in [0.2, 0.25) is 0 Å². The Balaban J connectivity index is 3.27. The van der Waals surface area contributed by atoms with Gasteiger partial charge in [-0.3, -0.25) is 5.41 Å². The Morgan fingerprint density at radius 2 is 2.25 bits per heavy atom. The van der Waals surface area contributed by atoms with Gasteiger partial charge in [0.2, 0.25) is 0 Å². The van der Waals surface area contributed by atoms with Crippen LogP contribution in [0.25, 0.3) is 0 Å². The molecule has 0 bridgehead atoms. The van der Waals surface area contributed by atoms with Crippen molar-refractivity contribution in [2.24, 2.45) is 5.73 Å². The van der Waals surface area contributed by atoms with Gasteiger partial charge in [-0.05, 0) is 28.1 Å². The summed E-state index contributed by atoms with van der Waals surface area (Å²) in [4.78, 5) is 0. The first-order chi connectivity index (χ1) is 5.66. The molecule has 3 nitrogen and oxygen atoms in total. The number of hydrogen-bond acceptors (Lipinski definition) is 2. The van der Waals surface area contributed by atoms with E-state index in [1.807, 2.05) is 12.1 Å². The average molecular weight is 229 g/mol. The van der Waals surface area contributed by atoms with Crippen molar-refractivity contribution >= 4 is 21.8 Å². The van der Waals surface area contributed by atoms with Crippen LogP contribution in [0.3, 0.4) is 0 Å². The third-order valence-corrected chi connectivity index (χ3v) is 2.09. The van der Waals surface area contributed by atoms with Crippen LogP contribution in [0.15, 0.2) is 22.7 Å². The fraction of sp³-hybridized carbons (Fsp3) is 0.125. The molecule has 0 radical (unpaired) electrons. The van der Waals surface area contributed by atoms with Crippen molar-refractivity contribution in [2.75, 3.05) is 7.11 Å². The summed E-state index contributed by atoms with van der Waals surface area (Å²) in [7, 11) is 1.55. The topological polar surface area (TPSA) is 59.1 Å². The smallest absolute Gasteiger partial charge is 0.143 e. The lowest BCUT2D eigenvalue weighted by Crippen LogP contribution is -2.12. The van der Waals surface area contributed by atoms with Gasteiger partial charge in [0, 0.05) is 0 Å². The van der Waals surface area contributed by atoms with E-state index in [0.717, 1.165) is 4.47 Å². The average Bonchev–Trinajstić information content (AvgIpc) is 2.03. The monoisotopic (exact) mass is 228 g/mol. The minimum absolute atomic E-state index is 0.00755. The van der Waals surface area contributed by atoms with E-state index in [-0.39, 0.29) is 5.84 Å². The van der Waals surface area contributed by atoms with E-state index < -0.39 is 0 Å². The molecule has 1 rings (SSSR count). The molecule has 1 aromatic carbocycles. The van der Waals surface area contributed by atoms with E-state index in [0.29, 0.717) is 11.3 Å². The van der Waals surface area contributed by atoms with Gasteiger partial charge in [0.15, 0.2) is 0 Å². The summed E-state index contributed by atoms with van der Waals surface area (Å²) in [6.07, 6.45) is 0. The maximum absolute atomic E-state index is 7.25. The highest BCUT2D eigenvalue weighted by molar-refractivity contribution is 9.10. The number of nitrogens with one attached hydrogen (secondary N) is 1. The van der Waals surface area contributed by atoms with E-state index in [1.165, 1.54) is 0 Å². The van der Waals surface area contributed by atoms with E-state index in [9.17, 15) is 0 Å². The molecule has 0 fully saturated rings. The first-order valence-electron chi connectivity index (χ1n) is 3.33. The summed E-state index contributed by atoms with van der Waals surface area (Å²) in [6.45, 7) is 0. The number of ether oxygens (including phenoxy) is 1. The first-order valence-corrected chi connectivity index (χ1v) is 4.13. The number of nitrogen functional groups attached to an aromatic ring is 1. The van der Waals surface area contributed by atoms with Crippen LogP contribution >= 0.6 is 15.9 Å². The molecule has 0 saturated heterocycles. The Labute approximate surface area is 79.2 Å². The van der Waals surface area contributed by atoms with Crippen molar-refractivity contribution in [3.63, 3.8) is 0 Å². The van der Waals surface area contributed by atoms with E-state index in [1.54, 1.807) is 13.2 Å². The zero-order chi connectivity index (χ0) is 9.14. The Hall–Kier alpha value is -1.03. The van der Waals surface area contributed by atoms with Gasteiger partial charge in [-0.1, -0.05) is 6.07 Å². The van der Waals surface area contributed by atoms with Gasteiger partial charge < -0.3 is 10.5 Å². The molecule has 12 heavy (non-hydrogen) atoms. The SMILES string of the molecule is COc1c(Br)cccc1C(=N)N. The molecule has 0 aromatic heterocycles. The van der Waals surface area contributed by atoms with Gasteiger partial charge in [-0.15, -0.1) is 0 Å². The minimum Gasteiger partial charge on any atom is -0.495 e. The highest BCUT2D eigenvalue weighted by Gasteiger charge is 2.07. The third kappa shape index (κ3) is 1.58. The van der Waals surface area contributed by atoms with Crippen LogP contribution < -0.4 is 10.5 Å². The van der Waals surface area contributed by atoms with Gasteiger partial charge >= 0.3 is 0 Å². The Bertz CT molecular complexity index is 312. The summed E-state index contributed by atoms with van der Waals surface area (Å²) in [6, 6.07) is 5.39. The molecule has 0 aliphatic rings. The molecule has 0 saturated carbocycles. The predicted molar refractivity (Wildman–Crippen MR) is 51.7 cm³/mol. The highest BCUT2D eigenvalue weighted by atomic mass is 79.9. The standard InChI is InChI=1S/C8H9BrN2O/c1-12-7-5(8(10)11)3-2-4-6(7)9/h2-4H,1H3,(H3,10,11). The Morgan fingerprint density at radius 1 is 1.58 bits per heavy atom. The second kappa shape index (κ2) is 3.58. The molecule has 3 N–H and O–H groups in total. The molecule has 0 heterocycles. The summed E-state index contributed by atoms with van der Waals surface area (Å²) in [5.74, 6) is 0.609. The van der Waals surface area contributed by atoms with E-state index >= 15 is 0 Å². The summed E-state index contributed by atoms with van der Waals surface area (Å²) in [5.41, 5.74) is 5.95. The largest absolute Gasteiger partial charge is 0.495 e. The van der Waals surface area contributed by atoms with Crippen LogP contribution in [0.4, 0.5) is 0 Å². The molecule has 64 valence electrons. The first kappa shape index (κ1) is 9.06. The van der Waals surface area contributed by atoms with Crippen LogP contribution in [-0.4, -0.2) is 12.9 Å². The van der Waals surface area contributed by atoms with E-state index in [2.05, 4.69) is 15.9 Å². The van der Waals surface area contributed by atoms with Crippen LogP contribution in [0.1, 0.15) is 5.56 Å². The molecular weight excluding hydrogens is 220 g/mol. The second-order valence-corrected chi connectivity index (χ2v) is 3.09. The summed E-state index contributed by atoms with van der Waals surface area (Å²) in [5, 5.41) is 7.25. The Morgan fingerprint density at radius 3 is 2.67 bits per heavy atom.